The average Bonchev–Trinajstić information content (AvgIpc) is 2.28. The number of rotatable bonds is 6. The molecule has 0 saturated carbocycles. The largest absolute Gasteiger partial charge is 0.396 e. The fourth-order valence-corrected chi connectivity index (χ4v) is 1.36. The van der Waals surface area contributed by atoms with Gasteiger partial charge in [-0.1, -0.05) is 11.6 Å². The van der Waals surface area contributed by atoms with E-state index in [0.29, 0.717) is 18.7 Å². The zero-order valence-corrected chi connectivity index (χ0v) is 9.44. The van der Waals surface area contributed by atoms with E-state index < -0.39 is 5.56 Å². The van der Waals surface area contributed by atoms with Gasteiger partial charge in [0.05, 0.1) is 25.0 Å². The predicted octanol–water partition coefficient (Wildman–Crippen LogP) is -0.317. The Kier molecular flexibility index (Phi) is 5.24. The second-order valence-corrected chi connectivity index (χ2v) is 3.51. The zero-order valence-electron chi connectivity index (χ0n) is 8.69. The van der Waals surface area contributed by atoms with Crippen LogP contribution < -0.4 is 10.9 Å². The highest BCUT2D eigenvalue weighted by molar-refractivity contribution is 6.32. The van der Waals surface area contributed by atoms with E-state index in [1.165, 1.54) is 6.20 Å². The normalized spacial score (nSPS) is 10.4. The molecule has 0 fully saturated rings. The third kappa shape index (κ3) is 3.19. The Morgan fingerprint density at radius 3 is 2.81 bits per heavy atom. The van der Waals surface area contributed by atoms with Crippen molar-refractivity contribution in [3.8, 4) is 0 Å². The fraction of sp³-hybridized carbons (Fsp3) is 0.556. The van der Waals surface area contributed by atoms with E-state index in [2.05, 4.69) is 10.4 Å². The van der Waals surface area contributed by atoms with Gasteiger partial charge >= 0.3 is 0 Å². The third-order valence-corrected chi connectivity index (χ3v) is 2.31. The van der Waals surface area contributed by atoms with Crippen LogP contribution in [0, 0.1) is 0 Å². The molecule has 1 heterocycles. The number of aliphatic hydroxyl groups is 2. The molecular weight excluding hydrogens is 234 g/mol. The van der Waals surface area contributed by atoms with Crippen molar-refractivity contribution in [2.45, 2.75) is 13.0 Å². The van der Waals surface area contributed by atoms with Crippen LogP contribution in [0.25, 0.3) is 0 Å². The van der Waals surface area contributed by atoms with E-state index in [1.807, 2.05) is 0 Å². The van der Waals surface area contributed by atoms with Crippen molar-refractivity contribution in [3.05, 3.63) is 21.6 Å². The Balaban J connectivity index is 2.81. The highest BCUT2D eigenvalue weighted by atomic mass is 35.5. The summed E-state index contributed by atoms with van der Waals surface area (Å²) in [7, 11) is 0. The summed E-state index contributed by atoms with van der Waals surface area (Å²) in [4.78, 5) is 11.6. The molecule has 0 spiro atoms. The predicted molar refractivity (Wildman–Crippen MR) is 60.8 cm³/mol. The van der Waals surface area contributed by atoms with Crippen LogP contribution in [-0.2, 0) is 6.54 Å². The Labute approximate surface area is 97.5 Å². The van der Waals surface area contributed by atoms with Crippen molar-refractivity contribution < 1.29 is 10.2 Å². The van der Waals surface area contributed by atoms with Crippen LogP contribution in [0.5, 0.6) is 0 Å². The first-order chi connectivity index (χ1) is 7.70. The highest BCUT2D eigenvalue weighted by Gasteiger charge is 2.08. The molecule has 0 aliphatic heterocycles. The van der Waals surface area contributed by atoms with Crippen molar-refractivity contribution in [1.29, 1.82) is 0 Å². The molecule has 6 nitrogen and oxygen atoms in total. The zero-order chi connectivity index (χ0) is 12.0. The molecule has 0 unspecified atom stereocenters. The van der Waals surface area contributed by atoms with Gasteiger partial charge in [-0.2, -0.15) is 5.10 Å². The molecule has 0 radical (unpaired) electrons. The van der Waals surface area contributed by atoms with E-state index in [9.17, 15) is 4.79 Å². The van der Waals surface area contributed by atoms with Crippen LogP contribution in [0.15, 0.2) is 11.0 Å². The molecule has 7 heteroatoms. The van der Waals surface area contributed by atoms with Crippen molar-refractivity contribution in [1.82, 2.24) is 9.78 Å². The van der Waals surface area contributed by atoms with E-state index in [4.69, 9.17) is 21.8 Å². The lowest BCUT2D eigenvalue weighted by atomic mass is 10.4. The maximum absolute atomic E-state index is 11.6. The van der Waals surface area contributed by atoms with Gasteiger partial charge in [0.1, 0.15) is 5.02 Å². The van der Waals surface area contributed by atoms with Crippen LogP contribution >= 0.6 is 11.6 Å². The molecule has 0 aliphatic carbocycles. The van der Waals surface area contributed by atoms with Crippen molar-refractivity contribution in [2.24, 2.45) is 0 Å². The average molecular weight is 248 g/mol. The maximum atomic E-state index is 11.6. The quantitative estimate of drug-likeness (QED) is 0.600. The number of anilines is 1. The standard InChI is InChI=1S/C9H14ClN3O3/c10-8-7(11-2-1-4-14)6-12-13(3-5-15)9(8)16/h6,11,14-15H,1-5H2. The van der Waals surface area contributed by atoms with Gasteiger partial charge in [0.2, 0.25) is 0 Å². The summed E-state index contributed by atoms with van der Waals surface area (Å²) in [5.41, 5.74) is -0.000906. The summed E-state index contributed by atoms with van der Waals surface area (Å²) in [6.07, 6.45) is 1.99. The molecule has 0 bridgehead atoms. The Hall–Kier alpha value is -1.11. The van der Waals surface area contributed by atoms with Crippen LogP contribution in [-0.4, -0.2) is 39.8 Å². The smallest absolute Gasteiger partial charge is 0.287 e. The summed E-state index contributed by atoms with van der Waals surface area (Å²) in [6.45, 7) is 0.539. The summed E-state index contributed by atoms with van der Waals surface area (Å²) in [6, 6.07) is 0. The minimum atomic E-state index is -0.440. The van der Waals surface area contributed by atoms with Gasteiger partial charge < -0.3 is 15.5 Å². The molecule has 0 aliphatic rings. The number of halogens is 1. The van der Waals surface area contributed by atoms with Crippen molar-refractivity contribution in [3.63, 3.8) is 0 Å². The first-order valence-electron chi connectivity index (χ1n) is 4.92. The number of nitrogens with one attached hydrogen (secondary N) is 1. The van der Waals surface area contributed by atoms with E-state index in [0.717, 1.165) is 4.68 Å². The Morgan fingerprint density at radius 1 is 1.44 bits per heavy atom. The van der Waals surface area contributed by atoms with Crippen molar-refractivity contribution >= 4 is 17.3 Å². The first-order valence-corrected chi connectivity index (χ1v) is 5.29. The molecule has 90 valence electrons. The highest BCUT2D eigenvalue weighted by Crippen LogP contribution is 2.14. The lowest BCUT2D eigenvalue weighted by Gasteiger charge is -2.08. The summed E-state index contributed by atoms with van der Waals surface area (Å²) in [5.74, 6) is 0. The van der Waals surface area contributed by atoms with Gasteiger partial charge in [0.25, 0.3) is 5.56 Å². The van der Waals surface area contributed by atoms with E-state index >= 15 is 0 Å². The number of aliphatic hydroxyl groups excluding tert-OH is 2. The molecule has 1 aromatic rings. The Morgan fingerprint density at radius 2 is 2.19 bits per heavy atom. The second-order valence-electron chi connectivity index (χ2n) is 3.13. The lowest BCUT2D eigenvalue weighted by molar-refractivity contribution is 0.266. The van der Waals surface area contributed by atoms with Crippen LogP contribution in [0.2, 0.25) is 5.02 Å². The Bertz CT molecular complexity index is 394. The van der Waals surface area contributed by atoms with Crippen LogP contribution in [0.1, 0.15) is 6.42 Å². The molecule has 0 atom stereocenters. The van der Waals surface area contributed by atoms with Gasteiger partial charge in [-0.3, -0.25) is 4.79 Å². The van der Waals surface area contributed by atoms with Gasteiger partial charge in [0.15, 0.2) is 0 Å². The monoisotopic (exact) mass is 247 g/mol. The van der Waals surface area contributed by atoms with E-state index in [-0.39, 0.29) is 24.8 Å². The topological polar surface area (TPSA) is 87.4 Å². The molecule has 16 heavy (non-hydrogen) atoms. The molecular formula is C9H14ClN3O3. The summed E-state index contributed by atoms with van der Waals surface area (Å²) in [5, 5.41) is 24.1. The van der Waals surface area contributed by atoms with Crippen molar-refractivity contribution in [2.75, 3.05) is 25.1 Å². The number of nitrogens with zero attached hydrogens (tertiary/aromatic N) is 2. The van der Waals surface area contributed by atoms with Gasteiger partial charge in [-0.15, -0.1) is 0 Å². The molecule has 0 saturated heterocycles. The molecule has 1 aromatic heterocycles. The summed E-state index contributed by atoms with van der Waals surface area (Å²) >= 11 is 5.83. The summed E-state index contributed by atoms with van der Waals surface area (Å²) < 4.78 is 1.10. The van der Waals surface area contributed by atoms with Gasteiger partial charge in [-0.05, 0) is 6.42 Å². The van der Waals surface area contributed by atoms with Gasteiger partial charge in [-0.25, -0.2) is 4.68 Å². The van der Waals surface area contributed by atoms with Crippen LogP contribution in [0.3, 0.4) is 0 Å². The second kappa shape index (κ2) is 6.47. The van der Waals surface area contributed by atoms with E-state index in [1.54, 1.807) is 0 Å². The van der Waals surface area contributed by atoms with Gasteiger partial charge in [0, 0.05) is 13.2 Å². The lowest BCUT2D eigenvalue weighted by Crippen LogP contribution is -2.25. The molecule has 3 N–H and O–H groups in total. The minimum Gasteiger partial charge on any atom is -0.396 e. The number of hydrogen-bond acceptors (Lipinski definition) is 5. The first kappa shape index (κ1) is 13.0. The SMILES string of the molecule is O=c1c(Cl)c(NCCCO)cnn1CCO. The fourth-order valence-electron chi connectivity index (χ4n) is 1.14. The molecule has 0 amide bonds. The molecule has 1 rings (SSSR count). The third-order valence-electron chi connectivity index (χ3n) is 1.95. The van der Waals surface area contributed by atoms with Crippen LogP contribution in [0.4, 0.5) is 5.69 Å². The number of aromatic nitrogens is 2. The minimum absolute atomic E-state index is 0.0430. The number of hydrogen-bond donors (Lipinski definition) is 3. The maximum Gasteiger partial charge on any atom is 0.287 e. The molecule has 0 aromatic carbocycles.